The Balaban J connectivity index is 2.17. The van der Waals surface area contributed by atoms with Gasteiger partial charge in [0.15, 0.2) is 0 Å². The van der Waals surface area contributed by atoms with Crippen LogP contribution in [0.15, 0.2) is 51.8 Å². The van der Waals surface area contributed by atoms with E-state index in [4.69, 9.17) is 5.11 Å². The van der Waals surface area contributed by atoms with Gasteiger partial charge in [0.1, 0.15) is 5.82 Å². The molecule has 0 saturated heterocycles. The number of rotatable bonds is 4. The minimum Gasteiger partial charge on any atom is -0.478 e. The van der Waals surface area contributed by atoms with Crippen molar-refractivity contribution in [3.05, 3.63) is 63.9 Å². The molecule has 0 aliphatic carbocycles. The molecule has 1 atom stereocenters. The number of carboxylic acids is 1. The standard InChI is InChI=1S/C14H10BrFO3S/c15-11-4-1-10(13(16)7-11)8-20(19)12-5-2-9(3-6-12)14(17)18/h1-7H,8H2,(H,17,18). The topological polar surface area (TPSA) is 54.4 Å². The Morgan fingerprint density at radius 1 is 1.20 bits per heavy atom. The molecular weight excluding hydrogens is 347 g/mol. The minimum atomic E-state index is -1.42. The molecule has 0 aromatic heterocycles. The molecule has 0 amide bonds. The second kappa shape index (κ2) is 6.28. The molecule has 1 unspecified atom stereocenters. The van der Waals surface area contributed by atoms with Crippen molar-refractivity contribution in [1.29, 1.82) is 0 Å². The third kappa shape index (κ3) is 3.52. The molecular formula is C14H10BrFO3S. The highest BCUT2D eigenvalue weighted by Crippen LogP contribution is 2.19. The van der Waals surface area contributed by atoms with Crippen molar-refractivity contribution < 1.29 is 18.5 Å². The van der Waals surface area contributed by atoms with Crippen LogP contribution in [0.4, 0.5) is 4.39 Å². The molecule has 6 heteroatoms. The van der Waals surface area contributed by atoms with Gasteiger partial charge in [0.05, 0.1) is 22.1 Å². The summed E-state index contributed by atoms with van der Waals surface area (Å²) in [6.45, 7) is 0. The van der Waals surface area contributed by atoms with Crippen LogP contribution in [0.5, 0.6) is 0 Å². The highest BCUT2D eigenvalue weighted by Gasteiger charge is 2.10. The molecule has 0 bridgehead atoms. The predicted octanol–water partition coefficient (Wildman–Crippen LogP) is 3.59. The SMILES string of the molecule is O=C(O)c1ccc(S(=O)Cc2ccc(Br)cc2F)cc1. The fraction of sp³-hybridized carbons (Fsp3) is 0.0714. The van der Waals surface area contributed by atoms with Crippen molar-refractivity contribution in [3.8, 4) is 0 Å². The fourth-order valence-corrected chi connectivity index (χ4v) is 3.07. The maximum Gasteiger partial charge on any atom is 0.335 e. The molecule has 0 aliphatic heterocycles. The largest absolute Gasteiger partial charge is 0.478 e. The minimum absolute atomic E-state index is 0.0472. The molecule has 20 heavy (non-hydrogen) atoms. The van der Waals surface area contributed by atoms with Crippen molar-refractivity contribution >= 4 is 32.7 Å². The number of hydrogen-bond acceptors (Lipinski definition) is 2. The van der Waals surface area contributed by atoms with Gasteiger partial charge in [0.25, 0.3) is 0 Å². The van der Waals surface area contributed by atoms with Crippen LogP contribution in [0.25, 0.3) is 0 Å². The Labute approximate surface area is 126 Å². The Morgan fingerprint density at radius 2 is 1.85 bits per heavy atom. The van der Waals surface area contributed by atoms with Crippen LogP contribution < -0.4 is 0 Å². The molecule has 0 heterocycles. The van der Waals surface area contributed by atoms with Crippen molar-refractivity contribution in [3.63, 3.8) is 0 Å². The third-order valence-corrected chi connectivity index (χ3v) is 4.53. The van der Waals surface area contributed by atoms with Crippen molar-refractivity contribution in [2.75, 3.05) is 0 Å². The van der Waals surface area contributed by atoms with E-state index in [-0.39, 0.29) is 11.3 Å². The Kier molecular flexibility index (Phi) is 4.67. The van der Waals surface area contributed by atoms with Gasteiger partial charge in [0.2, 0.25) is 0 Å². The second-order valence-electron chi connectivity index (χ2n) is 4.06. The van der Waals surface area contributed by atoms with Gasteiger partial charge in [-0.05, 0) is 36.4 Å². The summed E-state index contributed by atoms with van der Waals surface area (Å²) < 4.78 is 26.4. The van der Waals surface area contributed by atoms with Crippen LogP contribution in [0.1, 0.15) is 15.9 Å². The van der Waals surface area contributed by atoms with Crippen LogP contribution >= 0.6 is 15.9 Å². The number of carbonyl (C=O) groups is 1. The molecule has 1 N–H and O–H groups in total. The zero-order valence-electron chi connectivity index (χ0n) is 10.2. The molecule has 2 aromatic carbocycles. The molecule has 0 aliphatic rings. The number of hydrogen-bond donors (Lipinski definition) is 1. The average Bonchev–Trinajstić information content (AvgIpc) is 2.42. The summed E-state index contributed by atoms with van der Waals surface area (Å²) in [5, 5.41) is 8.78. The number of carboxylic acid groups (broad SMARTS) is 1. The molecule has 3 nitrogen and oxygen atoms in total. The van der Waals surface area contributed by atoms with Crippen LogP contribution in [-0.4, -0.2) is 15.3 Å². The van der Waals surface area contributed by atoms with Gasteiger partial charge in [-0.1, -0.05) is 22.0 Å². The summed E-state index contributed by atoms with van der Waals surface area (Å²) in [5.41, 5.74) is 0.481. The molecule has 0 fully saturated rings. The normalized spacial score (nSPS) is 12.1. The van der Waals surface area contributed by atoms with E-state index in [1.165, 1.54) is 30.3 Å². The van der Waals surface area contributed by atoms with E-state index in [1.54, 1.807) is 12.1 Å². The predicted molar refractivity (Wildman–Crippen MR) is 77.6 cm³/mol. The summed E-state index contributed by atoms with van der Waals surface area (Å²) >= 11 is 3.16. The molecule has 0 spiro atoms. The van der Waals surface area contributed by atoms with Crippen LogP contribution in [0.3, 0.4) is 0 Å². The van der Waals surface area contributed by atoms with Gasteiger partial charge in [0, 0.05) is 14.9 Å². The summed E-state index contributed by atoms with van der Waals surface area (Å²) in [7, 11) is -1.42. The van der Waals surface area contributed by atoms with Gasteiger partial charge in [-0.15, -0.1) is 0 Å². The number of halogens is 2. The van der Waals surface area contributed by atoms with E-state index in [0.717, 1.165) is 0 Å². The van der Waals surface area contributed by atoms with Crippen molar-refractivity contribution in [2.45, 2.75) is 10.6 Å². The lowest BCUT2D eigenvalue weighted by molar-refractivity contribution is 0.0697. The first-order valence-electron chi connectivity index (χ1n) is 5.63. The fourth-order valence-electron chi connectivity index (χ4n) is 1.61. The van der Waals surface area contributed by atoms with E-state index in [0.29, 0.717) is 14.9 Å². The van der Waals surface area contributed by atoms with E-state index >= 15 is 0 Å². The third-order valence-electron chi connectivity index (χ3n) is 2.67. The lowest BCUT2D eigenvalue weighted by Gasteiger charge is -2.05. The summed E-state index contributed by atoms with van der Waals surface area (Å²) in [6, 6.07) is 10.3. The Morgan fingerprint density at radius 3 is 2.40 bits per heavy atom. The van der Waals surface area contributed by atoms with E-state index < -0.39 is 22.6 Å². The van der Waals surface area contributed by atoms with Crippen molar-refractivity contribution in [2.24, 2.45) is 0 Å². The zero-order valence-corrected chi connectivity index (χ0v) is 12.6. The summed E-state index contributed by atoms with van der Waals surface area (Å²) in [6.07, 6.45) is 0. The van der Waals surface area contributed by atoms with E-state index in [1.807, 2.05) is 0 Å². The van der Waals surface area contributed by atoms with Gasteiger partial charge in [-0.25, -0.2) is 9.18 Å². The molecule has 0 radical (unpaired) electrons. The maximum absolute atomic E-state index is 13.7. The Hall–Kier alpha value is -1.53. The first-order chi connectivity index (χ1) is 9.47. The first kappa shape index (κ1) is 14.9. The highest BCUT2D eigenvalue weighted by molar-refractivity contribution is 9.10. The van der Waals surface area contributed by atoms with E-state index in [2.05, 4.69) is 15.9 Å². The lowest BCUT2D eigenvalue weighted by Crippen LogP contribution is -2.01. The summed E-state index contributed by atoms with van der Waals surface area (Å²) in [5.74, 6) is -1.41. The maximum atomic E-state index is 13.7. The van der Waals surface area contributed by atoms with Crippen LogP contribution in [0.2, 0.25) is 0 Å². The van der Waals surface area contributed by atoms with Gasteiger partial charge in [-0.3, -0.25) is 4.21 Å². The molecule has 2 aromatic rings. The highest BCUT2D eigenvalue weighted by atomic mass is 79.9. The quantitative estimate of drug-likeness (QED) is 0.910. The number of aromatic carboxylic acids is 1. The monoisotopic (exact) mass is 356 g/mol. The average molecular weight is 357 g/mol. The summed E-state index contributed by atoms with van der Waals surface area (Å²) in [4.78, 5) is 11.2. The van der Waals surface area contributed by atoms with Gasteiger partial charge in [-0.2, -0.15) is 0 Å². The first-order valence-corrected chi connectivity index (χ1v) is 7.74. The van der Waals surface area contributed by atoms with E-state index in [9.17, 15) is 13.4 Å². The van der Waals surface area contributed by atoms with Crippen LogP contribution in [-0.2, 0) is 16.6 Å². The van der Waals surface area contributed by atoms with Crippen molar-refractivity contribution in [1.82, 2.24) is 0 Å². The van der Waals surface area contributed by atoms with Crippen LogP contribution in [0, 0.1) is 5.82 Å². The van der Waals surface area contributed by atoms with Gasteiger partial charge < -0.3 is 5.11 Å². The lowest BCUT2D eigenvalue weighted by atomic mass is 10.2. The Bertz CT molecular complexity index is 671. The second-order valence-corrected chi connectivity index (χ2v) is 6.42. The molecule has 2 rings (SSSR count). The smallest absolute Gasteiger partial charge is 0.335 e. The zero-order chi connectivity index (χ0) is 14.7. The molecule has 0 saturated carbocycles. The van der Waals surface area contributed by atoms with Gasteiger partial charge >= 0.3 is 5.97 Å². The molecule has 104 valence electrons. The number of benzene rings is 2.